The largest absolute Gasteiger partial charge is 0.507 e. The predicted molar refractivity (Wildman–Crippen MR) is 108 cm³/mol. The highest BCUT2D eigenvalue weighted by Gasteiger charge is 2.39. The van der Waals surface area contributed by atoms with Gasteiger partial charge in [-0.25, -0.2) is 0 Å². The maximum Gasteiger partial charge on any atom is 0.197 e. The van der Waals surface area contributed by atoms with Gasteiger partial charge in [-0.15, -0.1) is 0 Å². The number of aliphatic hydroxyl groups is 1. The first-order chi connectivity index (χ1) is 13.4. The molecule has 1 aromatic heterocycles. The summed E-state index contributed by atoms with van der Waals surface area (Å²) in [6, 6.07) is 9.37. The third-order valence-corrected chi connectivity index (χ3v) is 5.76. The number of anilines is 1. The smallest absolute Gasteiger partial charge is 0.197 e. The zero-order valence-corrected chi connectivity index (χ0v) is 16.0. The van der Waals surface area contributed by atoms with Gasteiger partial charge < -0.3 is 24.6 Å². The molecule has 2 aromatic carbocycles. The fourth-order valence-electron chi connectivity index (χ4n) is 3.91. The molecule has 0 spiro atoms. The topological polar surface area (TPSA) is 94.1 Å². The van der Waals surface area contributed by atoms with Crippen LogP contribution < -0.4 is 10.3 Å². The normalized spacial score (nSPS) is 19.5. The Balaban J connectivity index is 2.06. The van der Waals surface area contributed by atoms with Gasteiger partial charge in [0.05, 0.1) is 17.2 Å². The van der Waals surface area contributed by atoms with Crippen molar-refractivity contribution in [3.05, 3.63) is 51.6 Å². The van der Waals surface area contributed by atoms with Crippen molar-refractivity contribution >= 4 is 28.3 Å². The van der Waals surface area contributed by atoms with E-state index in [2.05, 4.69) is 0 Å². The summed E-state index contributed by atoms with van der Waals surface area (Å²) in [5.74, 6) is -0.342. The number of phenolic OH excluding ortho intramolecular Hbond substituents is 2. The van der Waals surface area contributed by atoms with Crippen molar-refractivity contribution < 1.29 is 19.7 Å². The Kier molecular flexibility index (Phi) is 4.48. The average molecular weight is 402 g/mol. The van der Waals surface area contributed by atoms with Crippen molar-refractivity contribution in [1.82, 2.24) is 0 Å². The highest BCUT2D eigenvalue weighted by molar-refractivity contribution is 6.33. The van der Waals surface area contributed by atoms with E-state index >= 15 is 0 Å². The Hall–Kier alpha value is -2.70. The van der Waals surface area contributed by atoms with Gasteiger partial charge in [-0.3, -0.25) is 4.79 Å². The summed E-state index contributed by atoms with van der Waals surface area (Å²) < 4.78 is 6.02. The lowest BCUT2D eigenvalue weighted by molar-refractivity contribution is 0.209. The van der Waals surface area contributed by atoms with Crippen molar-refractivity contribution in [1.29, 1.82) is 0 Å². The molecule has 1 aliphatic heterocycles. The number of hydrogen-bond acceptors (Lipinski definition) is 6. The molecule has 2 heterocycles. The predicted octanol–water partition coefficient (Wildman–Crippen LogP) is 3.88. The Bertz CT molecular complexity index is 1130. The van der Waals surface area contributed by atoms with Gasteiger partial charge in [0.2, 0.25) is 0 Å². The molecule has 1 aliphatic rings. The quantitative estimate of drug-likeness (QED) is 0.616. The molecule has 6 nitrogen and oxygen atoms in total. The van der Waals surface area contributed by atoms with E-state index < -0.39 is 11.0 Å². The third kappa shape index (κ3) is 2.80. The molecule has 0 amide bonds. The van der Waals surface area contributed by atoms with Gasteiger partial charge in [-0.2, -0.15) is 0 Å². The Morgan fingerprint density at radius 1 is 1.21 bits per heavy atom. The van der Waals surface area contributed by atoms with E-state index in [1.165, 1.54) is 6.07 Å². The van der Waals surface area contributed by atoms with Gasteiger partial charge in [-0.05, 0) is 31.9 Å². The van der Waals surface area contributed by atoms with E-state index in [4.69, 9.17) is 16.0 Å². The number of aromatic hydroxyl groups is 2. The van der Waals surface area contributed by atoms with E-state index in [0.29, 0.717) is 17.1 Å². The van der Waals surface area contributed by atoms with Crippen molar-refractivity contribution in [2.24, 2.45) is 0 Å². The Morgan fingerprint density at radius 3 is 2.68 bits per heavy atom. The van der Waals surface area contributed by atoms with Gasteiger partial charge in [0.25, 0.3) is 0 Å². The van der Waals surface area contributed by atoms with Crippen molar-refractivity contribution in [3.8, 4) is 22.8 Å². The van der Waals surface area contributed by atoms with Crippen LogP contribution in [0.2, 0.25) is 5.02 Å². The SMILES string of the molecule is CC1(CO)CCCN1c1c(O)cc(O)c2c(=O)cc(-c3ccccc3Cl)oc12. The molecular formula is C21H20ClNO5. The number of benzene rings is 2. The van der Waals surface area contributed by atoms with Crippen LogP contribution >= 0.6 is 11.6 Å². The average Bonchev–Trinajstić information content (AvgIpc) is 3.03. The molecule has 28 heavy (non-hydrogen) atoms. The molecule has 0 saturated carbocycles. The number of halogens is 1. The van der Waals surface area contributed by atoms with E-state index in [9.17, 15) is 20.1 Å². The standard InChI is InChI=1S/C21H20ClNO5/c1-21(11-24)7-4-8-23(21)19-16(27)9-14(25)18-15(26)10-17(28-20(18)19)12-5-2-3-6-13(12)22/h2-3,5-6,9-10,24-25,27H,4,7-8,11H2,1H3. The second kappa shape index (κ2) is 6.72. The number of fused-ring (bicyclic) bond motifs is 1. The number of hydrogen-bond donors (Lipinski definition) is 3. The summed E-state index contributed by atoms with van der Waals surface area (Å²) in [4.78, 5) is 14.6. The minimum absolute atomic E-state index is 0.0178. The minimum atomic E-state index is -0.611. The summed E-state index contributed by atoms with van der Waals surface area (Å²) in [5.41, 5.74) is -0.169. The highest BCUT2D eigenvalue weighted by atomic mass is 35.5. The van der Waals surface area contributed by atoms with Crippen LogP contribution in [-0.2, 0) is 0 Å². The Labute approximate surface area is 166 Å². The number of nitrogens with zero attached hydrogens (tertiary/aromatic N) is 1. The van der Waals surface area contributed by atoms with Crippen LogP contribution in [-0.4, -0.2) is 34.0 Å². The third-order valence-electron chi connectivity index (χ3n) is 5.43. The van der Waals surface area contributed by atoms with Gasteiger partial charge in [0.1, 0.15) is 28.3 Å². The molecule has 1 fully saturated rings. The monoisotopic (exact) mass is 401 g/mol. The van der Waals surface area contributed by atoms with Gasteiger partial charge in [0, 0.05) is 24.2 Å². The molecule has 0 bridgehead atoms. The summed E-state index contributed by atoms with van der Waals surface area (Å²) in [7, 11) is 0. The van der Waals surface area contributed by atoms with Crippen LogP contribution in [0.4, 0.5) is 5.69 Å². The van der Waals surface area contributed by atoms with Crippen LogP contribution in [0.25, 0.3) is 22.3 Å². The van der Waals surface area contributed by atoms with Crippen molar-refractivity contribution in [2.75, 3.05) is 18.1 Å². The molecule has 1 atom stereocenters. The van der Waals surface area contributed by atoms with E-state index in [1.807, 2.05) is 11.8 Å². The molecule has 7 heteroatoms. The van der Waals surface area contributed by atoms with Crippen LogP contribution in [0.5, 0.6) is 11.5 Å². The number of rotatable bonds is 3. The molecule has 146 valence electrons. The highest BCUT2D eigenvalue weighted by Crippen LogP contribution is 2.46. The van der Waals surface area contributed by atoms with Crippen LogP contribution in [0, 0.1) is 0 Å². The second-order valence-electron chi connectivity index (χ2n) is 7.33. The van der Waals surface area contributed by atoms with E-state index in [-0.39, 0.29) is 40.5 Å². The van der Waals surface area contributed by atoms with Gasteiger partial charge in [-0.1, -0.05) is 23.7 Å². The number of aliphatic hydroxyl groups excluding tert-OH is 1. The molecule has 0 aliphatic carbocycles. The Morgan fingerprint density at radius 2 is 1.96 bits per heavy atom. The fraction of sp³-hybridized carbons (Fsp3) is 0.286. The van der Waals surface area contributed by atoms with Crippen LogP contribution in [0.15, 0.2) is 45.6 Å². The lowest BCUT2D eigenvalue weighted by Crippen LogP contribution is -2.44. The van der Waals surface area contributed by atoms with Gasteiger partial charge >= 0.3 is 0 Å². The lowest BCUT2D eigenvalue weighted by atomic mass is 9.99. The van der Waals surface area contributed by atoms with Crippen molar-refractivity contribution in [3.63, 3.8) is 0 Å². The minimum Gasteiger partial charge on any atom is -0.507 e. The number of phenols is 2. The van der Waals surface area contributed by atoms with Crippen molar-refractivity contribution in [2.45, 2.75) is 25.3 Å². The van der Waals surface area contributed by atoms with Crippen LogP contribution in [0.1, 0.15) is 19.8 Å². The lowest BCUT2D eigenvalue weighted by Gasteiger charge is -2.36. The summed E-state index contributed by atoms with van der Waals surface area (Å²) in [5, 5.41) is 31.2. The molecule has 4 rings (SSSR count). The zero-order valence-electron chi connectivity index (χ0n) is 15.3. The fourth-order valence-corrected chi connectivity index (χ4v) is 4.14. The first-order valence-corrected chi connectivity index (χ1v) is 9.40. The van der Waals surface area contributed by atoms with E-state index in [0.717, 1.165) is 18.9 Å². The summed E-state index contributed by atoms with van der Waals surface area (Å²) in [6.45, 7) is 2.34. The second-order valence-corrected chi connectivity index (χ2v) is 7.74. The first kappa shape index (κ1) is 18.7. The molecular weight excluding hydrogens is 382 g/mol. The summed E-state index contributed by atoms with van der Waals surface area (Å²) in [6.07, 6.45) is 1.53. The molecule has 0 radical (unpaired) electrons. The van der Waals surface area contributed by atoms with Crippen LogP contribution in [0.3, 0.4) is 0 Å². The molecule has 3 N–H and O–H groups in total. The maximum atomic E-state index is 12.8. The first-order valence-electron chi connectivity index (χ1n) is 9.02. The summed E-state index contributed by atoms with van der Waals surface area (Å²) >= 11 is 6.26. The molecule has 1 unspecified atom stereocenters. The molecule has 3 aromatic rings. The zero-order chi connectivity index (χ0) is 20.1. The van der Waals surface area contributed by atoms with E-state index in [1.54, 1.807) is 24.3 Å². The maximum absolute atomic E-state index is 12.8. The van der Waals surface area contributed by atoms with Gasteiger partial charge in [0.15, 0.2) is 11.0 Å². The molecule has 1 saturated heterocycles.